The smallest absolute Gasteiger partial charge is 0.257 e. The lowest BCUT2D eigenvalue weighted by molar-refractivity contribution is -0.126. The second-order valence-corrected chi connectivity index (χ2v) is 7.53. The zero-order valence-corrected chi connectivity index (χ0v) is 16.4. The number of rotatable bonds is 6. The highest BCUT2D eigenvalue weighted by Crippen LogP contribution is 2.34. The van der Waals surface area contributed by atoms with E-state index in [9.17, 15) is 4.79 Å². The summed E-state index contributed by atoms with van der Waals surface area (Å²) in [6, 6.07) is 12.1. The molecule has 154 valence electrons. The van der Waals surface area contributed by atoms with Crippen molar-refractivity contribution in [1.82, 2.24) is 15.2 Å². The van der Waals surface area contributed by atoms with Gasteiger partial charge in [0.25, 0.3) is 5.88 Å². The average Bonchev–Trinajstić information content (AvgIpc) is 2.78. The molecule has 0 radical (unpaired) electrons. The molecule has 7 nitrogen and oxygen atoms in total. The highest BCUT2D eigenvalue weighted by molar-refractivity contribution is 5.78. The molecule has 1 amide bonds. The van der Waals surface area contributed by atoms with Crippen LogP contribution in [0, 0.1) is 5.92 Å². The molecule has 1 atom stereocenters. The molecule has 1 aromatic carbocycles. The summed E-state index contributed by atoms with van der Waals surface area (Å²) in [4.78, 5) is 18.6. The minimum atomic E-state index is -0.153. The van der Waals surface area contributed by atoms with Gasteiger partial charge in [0.15, 0.2) is 11.9 Å². The van der Waals surface area contributed by atoms with Crippen LogP contribution in [-0.2, 0) is 11.3 Å². The van der Waals surface area contributed by atoms with Crippen LogP contribution in [0.3, 0.4) is 0 Å². The van der Waals surface area contributed by atoms with Crippen LogP contribution < -0.4 is 14.8 Å². The molecular weight excluding hydrogens is 370 g/mol. The van der Waals surface area contributed by atoms with Crippen LogP contribution in [0.1, 0.15) is 30.1 Å². The monoisotopic (exact) mass is 397 g/mol. The second kappa shape index (κ2) is 9.24. The molecule has 0 aliphatic carbocycles. The van der Waals surface area contributed by atoms with Crippen molar-refractivity contribution in [3.63, 3.8) is 0 Å². The molecule has 1 fully saturated rings. The Hall–Kier alpha value is -2.64. The summed E-state index contributed by atoms with van der Waals surface area (Å²) in [6.07, 6.45) is 3.26. The van der Waals surface area contributed by atoms with Crippen LogP contribution in [0.2, 0.25) is 0 Å². The number of hydrogen-bond donors (Lipinski definition) is 2. The standard InChI is InChI=1S/C22H27N3O4/c26-13-10-23-21(27)18-7-11-25(12-8-18)14-16-3-5-17(6-4-16)20-15-28-19-2-1-9-24-22(19)29-20/h1-6,9,18,20,26H,7-8,10-15H2,(H,23,27). The Kier molecular flexibility index (Phi) is 6.27. The van der Waals surface area contributed by atoms with Crippen molar-refractivity contribution < 1.29 is 19.4 Å². The number of aliphatic hydroxyl groups excluding tert-OH is 1. The number of nitrogens with zero attached hydrogens (tertiary/aromatic N) is 2. The molecule has 0 saturated carbocycles. The highest BCUT2D eigenvalue weighted by Gasteiger charge is 2.25. The van der Waals surface area contributed by atoms with E-state index in [0.29, 0.717) is 24.8 Å². The van der Waals surface area contributed by atoms with E-state index >= 15 is 0 Å². The van der Waals surface area contributed by atoms with Gasteiger partial charge in [-0.1, -0.05) is 24.3 Å². The third kappa shape index (κ3) is 4.86. The number of ether oxygens (including phenoxy) is 2. The average molecular weight is 397 g/mol. The number of benzene rings is 1. The van der Waals surface area contributed by atoms with E-state index in [0.717, 1.165) is 38.0 Å². The fourth-order valence-corrected chi connectivity index (χ4v) is 3.85. The molecule has 29 heavy (non-hydrogen) atoms. The number of hydrogen-bond acceptors (Lipinski definition) is 6. The van der Waals surface area contributed by atoms with E-state index in [1.54, 1.807) is 6.20 Å². The third-order valence-electron chi connectivity index (χ3n) is 5.51. The maximum absolute atomic E-state index is 12.0. The van der Waals surface area contributed by atoms with Crippen LogP contribution in [-0.4, -0.2) is 53.7 Å². The van der Waals surface area contributed by atoms with E-state index < -0.39 is 0 Å². The number of likely N-dealkylation sites (tertiary alicyclic amines) is 1. The van der Waals surface area contributed by atoms with Crippen molar-refractivity contribution in [2.75, 3.05) is 32.8 Å². The number of pyridine rings is 1. The van der Waals surface area contributed by atoms with Crippen molar-refractivity contribution in [3.8, 4) is 11.6 Å². The van der Waals surface area contributed by atoms with Crippen LogP contribution in [0.4, 0.5) is 0 Å². The van der Waals surface area contributed by atoms with Gasteiger partial charge < -0.3 is 19.9 Å². The lowest BCUT2D eigenvalue weighted by Gasteiger charge is -2.31. The third-order valence-corrected chi connectivity index (χ3v) is 5.51. The molecule has 2 aromatic rings. The van der Waals surface area contributed by atoms with Crippen LogP contribution >= 0.6 is 0 Å². The largest absolute Gasteiger partial charge is 0.484 e. The Balaban J connectivity index is 1.28. The topological polar surface area (TPSA) is 83.9 Å². The van der Waals surface area contributed by atoms with Crippen molar-refractivity contribution in [3.05, 3.63) is 53.7 Å². The summed E-state index contributed by atoms with van der Waals surface area (Å²) in [7, 11) is 0. The van der Waals surface area contributed by atoms with Gasteiger partial charge in [0.05, 0.1) is 6.61 Å². The summed E-state index contributed by atoms with van der Waals surface area (Å²) in [5.41, 5.74) is 2.32. The van der Waals surface area contributed by atoms with Crippen LogP contribution in [0.15, 0.2) is 42.6 Å². The van der Waals surface area contributed by atoms with Gasteiger partial charge in [-0.3, -0.25) is 9.69 Å². The number of aromatic nitrogens is 1. The number of fused-ring (bicyclic) bond motifs is 1. The predicted molar refractivity (Wildman–Crippen MR) is 108 cm³/mol. The van der Waals surface area contributed by atoms with E-state index in [2.05, 4.69) is 39.5 Å². The molecule has 4 rings (SSSR count). The first-order valence-electron chi connectivity index (χ1n) is 10.2. The lowest BCUT2D eigenvalue weighted by atomic mass is 9.95. The Bertz CT molecular complexity index is 819. The van der Waals surface area contributed by atoms with Crippen molar-refractivity contribution in [2.45, 2.75) is 25.5 Å². The highest BCUT2D eigenvalue weighted by atomic mass is 16.6. The number of piperidine rings is 1. The van der Waals surface area contributed by atoms with Gasteiger partial charge in [0, 0.05) is 25.2 Å². The molecule has 7 heteroatoms. The minimum absolute atomic E-state index is 0.0123. The Morgan fingerprint density at radius 2 is 2.00 bits per heavy atom. The zero-order valence-electron chi connectivity index (χ0n) is 16.4. The maximum atomic E-state index is 12.0. The van der Waals surface area contributed by atoms with E-state index in [1.165, 1.54) is 5.56 Å². The predicted octanol–water partition coefficient (Wildman–Crippen LogP) is 1.91. The maximum Gasteiger partial charge on any atom is 0.257 e. The van der Waals surface area contributed by atoms with Crippen LogP contribution in [0.25, 0.3) is 0 Å². The van der Waals surface area contributed by atoms with Crippen LogP contribution in [0.5, 0.6) is 11.6 Å². The van der Waals surface area contributed by atoms with Gasteiger partial charge in [-0.25, -0.2) is 4.98 Å². The summed E-state index contributed by atoms with van der Waals surface area (Å²) >= 11 is 0. The van der Waals surface area contributed by atoms with E-state index in [1.807, 2.05) is 12.1 Å². The molecule has 0 bridgehead atoms. The molecule has 1 saturated heterocycles. The molecule has 3 heterocycles. The first-order chi connectivity index (χ1) is 14.2. The second-order valence-electron chi connectivity index (χ2n) is 7.53. The minimum Gasteiger partial charge on any atom is -0.484 e. The van der Waals surface area contributed by atoms with Gasteiger partial charge in [-0.2, -0.15) is 0 Å². The molecule has 2 aliphatic rings. The zero-order chi connectivity index (χ0) is 20.1. The number of aliphatic hydroxyl groups is 1. The fraction of sp³-hybridized carbons (Fsp3) is 0.455. The van der Waals surface area contributed by atoms with Gasteiger partial charge in [0.2, 0.25) is 5.91 Å². The SMILES string of the molecule is O=C(NCCO)C1CCN(Cc2ccc(C3COc4cccnc4O3)cc2)CC1. The van der Waals surface area contributed by atoms with Crippen molar-refractivity contribution in [1.29, 1.82) is 0 Å². The Labute approximate surface area is 170 Å². The van der Waals surface area contributed by atoms with Gasteiger partial charge >= 0.3 is 0 Å². The summed E-state index contributed by atoms with van der Waals surface area (Å²) in [5.74, 6) is 1.35. The summed E-state index contributed by atoms with van der Waals surface area (Å²) in [6.45, 7) is 3.48. The van der Waals surface area contributed by atoms with E-state index in [4.69, 9.17) is 14.6 Å². The summed E-state index contributed by atoms with van der Waals surface area (Å²) < 4.78 is 11.7. The fourth-order valence-electron chi connectivity index (χ4n) is 3.85. The summed E-state index contributed by atoms with van der Waals surface area (Å²) in [5, 5.41) is 11.6. The molecular formula is C22H27N3O4. The number of carbonyl (C=O) groups excluding carboxylic acids is 1. The molecule has 0 spiro atoms. The van der Waals surface area contributed by atoms with Gasteiger partial charge in [0.1, 0.15) is 6.61 Å². The van der Waals surface area contributed by atoms with Crippen molar-refractivity contribution in [2.24, 2.45) is 5.92 Å². The lowest BCUT2D eigenvalue weighted by Crippen LogP contribution is -2.40. The molecule has 2 aliphatic heterocycles. The normalized spacial score (nSPS) is 19.7. The number of nitrogens with one attached hydrogen (secondary N) is 1. The number of carbonyl (C=O) groups is 1. The first-order valence-corrected chi connectivity index (χ1v) is 10.2. The Morgan fingerprint density at radius 1 is 1.21 bits per heavy atom. The number of amides is 1. The van der Waals surface area contributed by atoms with E-state index in [-0.39, 0.29) is 24.5 Å². The van der Waals surface area contributed by atoms with Crippen molar-refractivity contribution >= 4 is 5.91 Å². The van der Waals surface area contributed by atoms with Gasteiger partial charge in [-0.05, 0) is 49.2 Å². The van der Waals surface area contributed by atoms with Gasteiger partial charge in [-0.15, -0.1) is 0 Å². The quantitative estimate of drug-likeness (QED) is 0.775. The molecule has 2 N–H and O–H groups in total. The molecule has 1 unspecified atom stereocenters. The first kappa shape index (κ1) is 19.7. The Morgan fingerprint density at radius 3 is 2.76 bits per heavy atom. The molecule has 1 aromatic heterocycles.